The highest BCUT2D eigenvalue weighted by atomic mass is 16.5. The maximum atomic E-state index is 11.8. The van der Waals surface area contributed by atoms with E-state index in [4.69, 9.17) is 15.2 Å². The lowest BCUT2D eigenvalue weighted by Gasteiger charge is -2.16. The Morgan fingerprint density at radius 1 is 1.18 bits per heavy atom. The highest BCUT2D eigenvalue weighted by Crippen LogP contribution is 2.28. The smallest absolute Gasteiger partial charge is 0.237 e. The summed E-state index contributed by atoms with van der Waals surface area (Å²) < 4.78 is 11.1. The number of nitrogens with one attached hydrogen (secondary N) is 1. The first-order valence-electron chi connectivity index (χ1n) is 7.91. The fourth-order valence-corrected chi connectivity index (χ4v) is 2.00. The lowest BCUT2D eigenvalue weighted by molar-refractivity contribution is -0.123. The van der Waals surface area contributed by atoms with Gasteiger partial charge in [0.15, 0.2) is 11.5 Å². The van der Waals surface area contributed by atoms with E-state index in [1.807, 2.05) is 45.9 Å². The lowest BCUT2D eigenvalue weighted by Crippen LogP contribution is -2.44. The number of hydrogen-bond donors (Lipinski definition) is 2. The molecule has 0 saturated heterocycles. The molecule has 3 N–H and O–H groups in total. The van der Waals surface area contributed by atoms with Crippen LogP contribution in [-0.2, 0) is 11.2 Å². The second-order valence-electron chi connectivity index (χ2n) is 5.46. The topological polar surface area (TPSA) is 73.6 Å². The maximum absolute atomic E-state index is 11.8. The molecule has 0 heterocycles. The van der Waals surface area contributed by atoms with Crippen LogP contribution in [0.1, 0.15) is 33.3 Å². The van der Waals surface area contributed by atoms with Crippen molar-refractivity contribution in [2.24, 2.45) is 11.7 Å². The Bertz CT molecular complexity index is 475. The minimum absolute atomic E-state index is 0.106. The van der Waals surface area contributed by atoms with Crippen molar-refractivity contribution in [2.75, 3.05) is 19.8 Å². The molecule has 0 aromatic heterocycles. The van der Waals surface area contributed by atoms with Crippen LogP contribution < -0.4 is 20.5 Å². The van der Waals surface area contributed by atoms with Gasteiger partial charge in [0, 0.05) is 6.54 Å². The van der Waals surface area contributed by atoms with Crippen LogP contribution in [0.5, 0.6) is 11.5 Å². The first-order valence-corrected chi connectivity index (χ1v) is 7.91. The van der Waals surface area contributed by atoms with Gasteiger partial charge >= 0.3 is 0 Å². The van der Waals surface area contributed by atoms with Crippen molar-refractivity contribution in [3.63, 3.8) is 0 Å². The van der Waals surface area contributed by atoms with Crippen molar-refractivity contribution in [3.05, 3.63) is 23.8 Å². The summed E-state index contributed by atoms with van der Waals surface area (Å²) in [6.45, 7) is 9.49. The summed E-state index contributed by atoms with van der Waals surface area (Å²) >= 11 is 0. The largest absolute Gasteiger partial charge is 0.490 e. The standard InChI is InChI=1S/C17H28N2O3/c1-5-21-14-8-7-13(11-15(14)22-6-2)9-10-19-17(20)16(18)12(3)4/h7-8,11-12,16H,5-6,9-10,18H2,1-4H3,(H,19,20). The Kier molecular flexibility index (Phi) is 7.74. The van der Waals surface area contributed by atoms with Crippen molar-refractivity contribution in [3.8, 4) is 11.5 Å². The molecule has 1 rings (SSSR count). The van der Waals surface area contributed by atoms with Crippen molar-refractivity contribution < 1.29 is 14.3 Å². The van der Waals surface area contributed by atoms with Crippen LogP contribution in [0.4, 0.5) is 0 Å². The summed E-state index contributed by atoms with van der Waals surface area (Å²) in [7, 11) is 0. The normalized spacial score (nSPS) is 12.1. The fourth-order valence-electron chi connectivity index (χ4n) is 2.00. The van der Waals surface area contributed by atoms with Gasteiger partial charge in [-0.25, -0.2) is 0 Å². The van der Waals surface area contributed by atoms with E-state index in [1.165, 1.54) is 0 Å². The molecule has 0 saturated carbocycles. The average Bonchev–Trinajstić information content (AvgIpc) is 2.49. The number of rotatable bonds is 9. The minimum atomic E-state index is -0.459. The lowest BCUT2D eigenvalue weighted by atomic mass is 10.0. The van der Waals surface area contributed by atoms with Crippen molar-refractivity contribution in [1.82, 2.24) is 5.32 Å². The Morgan fingerprint density at radius 3 is 2.41 bits per heavy atom. The van der Waals surface area contributed by atoms with E-state index in [2.05, 4.69) is 5.32 Å². The number of benzene rings is 1. The van der Waals surface area contributed by atoms with Crippen molar-refractivity contribution in [1.29, 1.82) is 0 Å². The Morgan fingerprint density at radius 2 is 1.82 bits per heavy atom. The molecule has 0 fully saturated rings. The highest BCUT2D eigenvalue weighted by Gasteiger charge is 2.16. The maximum Gasteiger partial charge on any atom is 0.237 e. The first kappa shape index (κ1) is 18.3. The van der Waals surface area contributed by atoms with Crippen LogP contribution in [0.2, 0.25) is 0 Å². The molecule has 1 aromatic rings. The van der Waals surface area contributed by atoms with E-state index in [0.717, 1.165) is 23.5 Å². The van der Waals surface area contributed by atoms with Crippen LogP contribution in [-0.4, -0.2) is 31.7 Å². The number of carbonyl (C=O) groups is 1. The van der Waals surface area contributed by atoms with Crippen LogP contribution in [0.3, 0.4) is 0 Å². The fraction of sp³-hybridized carbons (Fsp3) is 0.588. The monoisotopic (exact) mass is 308 g/mol. The summed E-state index contributed by atoms with van der Waals surface area (Å²) in [6, 6.07) is 5.40. The SMILES string of the molecule is CCOc1ccc(CCNC(=O)C(N)C(C)C)cc1OCC. The molecule has 1 unspecified atom stereocenters. The zero-order valence-electron chi connectivity index (χ0n) is 14.0. The number of carbonyl (C=O) groups excluding carboxylic acids is 1. The van der Waals surface area contributed by atoms with Crippen LogP contribution >= 0.6 is 0 Å². The number of ether oxygens (including phenoxy) is 2. The van der Waals surface area contributed by atoms with Gasteiger partial charge in [0.2, 0.25) is 5.91 Å². The minimum Gasteiger partial charge on any atom is -0.490 e. The van der Waals surface area contributed by atoms with Gasteiger partial charge in [-0.2, -0.15) is 0 Å². The van der Waals surface area contributed by atoms with Gasteiger partial charge in [-0.05, 0) is 43.9 Å². The average molecular weight is 308 g/mol. The van der Waals surface area contributed by atoms with Gasteiger partial charge < -0.3 is 20.5 Å². The van der Waals surface area contributed by atoms with E-state index in [0.29, 0.717) is 19.8 Å². The van der Waals surface area contributed by atoms with Crippen LogP contribution in [0.25, 0.3) is 0 Å². The molecule has 5 nitrogen and oxygen atoms in total. The third-order valence-electron chi connectivity index (χ3n) is 3.34. The van der Waals surface area contributed by atoms with Crippen molar-refractivity contribution >= 4 is 5.91 Å². The van der Waals surface area contributed by atoms with Gasteiger partial charge in [0.1, 0.15) is 0 Å². The Labute approximate surface area is 133 Å². The molecular formula is C17H28N2O3. The van der Waals surface area contributed by atoms with Crippen LogP contribution in [0.15, 0.2) is 18.2 Å². The number of amides is 1. The molecular weight excluding hydrogens is 280 g/mol. The Balaban J connectivity index is 2.59. The first-order chi connectivity index (χ1) is 10.5. The van der Waals surface area contributed by atoms with Gasteiger partial charge in [-0.3, -0.25) is 4.79 Å². The summed E-state index contributed by atoms with van der Waals surface area (Å²) in [5.74, 6) is 1.52. The molecule has 0 spiro atoms. The molecule has 5 heteroatoms. The number of nitrogens with two attached hydrogens (primary N) is 1. The molecule has 1 amide bonds. The highest BCUT2D eigenvalue weighted by molar-refractivity contribution is 5.81. The van der Waals surface area contributed by atoms with E-state index >= 15 is 0 Å². The Hall–Kier alpha value is -1.75. The molecule has 0 radical (unpaired) electrons. The quantitative estimate of drug-likeness (QED) is 0.733. The van der Waals surface area contributed by atoms with E-state index < -0.39 is 6.04 Å². The second kappa shape index (κ2) is 9.30. The third kappa shape index (κ3) is 5.56. The predicted octanol–water partition coefficient (Wildman–Crippen LogP) is 2.13. The summed E-state index contributed by atoms with van der Waals surface area (Å²) in [6.07, 6.45) is 0.725. The molecule has 22 heavy (non-hydrogen) atoms. The van der Waals surface area contributed by atoms with E-state index in [1.54, 1.807) is 0 Å². The molecule has 0 bridgehead atoms. The molecule has 1 aromatic carbocycles. The zero-order chi connectivity index (χ0) is 16.5. The van der Waals surface area contributed by atoms with E-state index in [-0.39, 0.29) is 11.8 Å². The predicted molar refractivity (Wildman–Crippen MR) is 88.3 cm³/mol. The molecule has 0 aliphatic carbocycles. The molecule has 0 aliphatic heterocycles. The number of hydrogen-bond acceptors (Lipinski definition) is 4. The summed E-state index contributed by atoms with van der Waals surface area (Å²) in [5, 5.41) is 2.87. The van der Waals surface area contributed by atoms with Gasteiger partial charge in [0.25, 0.3) is 0 Å². The summed E-state index contributed by atoms with van der Waals surface area (Å²) in [5.41, 5.74) is 6.90. The second-order valence-corrected chi connectivity index (χ2v) is 5.46. The third-order valence-corrected chi connectivity index (χ3v) is 3.34. The van der Waals surface area contributed by atoms with E-state index in [9.17, 15) is 4.79 Å². The van der Waals surface area contributed by atoms with Gasteiger partial charge in [-0.1, -0.05) is 19.9 Å². The van der Waals surface area contributed by atoms with Gasteiger partial charge in [-0.15, -0.1) is 0 Å². The summed E-state index contributed by atoms with van der Waals surface area (Å²) in [4.78, 5) is 11.8. The van der Waals surface area contributed by atoms with Gasteiger partial charge in [0.05, 0.1) is 19.3 Å². The zero-order valence-corrected chi connectivity index (χ0v) is 14.0. The van der Waals surface area contributed by atoms with Crippen molar-refractivity contribution in [2.45, 2.75) is 40.2 Å². The molecule has 1 atom stereocenters. The molecule has 124 valence electrons. The van der Waals surface area contributed by atoms with Crippen LogP contribution in [0, 0.1) is 5.92 Å². The molecule has 0 aliphatic rings.